The van der Waals surface area contributed by atoms with Gasteiger partial charge in [-0.15, -0.1) is 0 Å². The van der Waals surface area contributed by atoms with Gasteiger partial charge in [-0.05, 0) is 36.4 Å². The first-order valence-corrected chi connectivity index (χ1v) is 7.22. The van der Waals surface area contributed by atoms with Gasteiger partial charge in [-0.3, -0.25) is 0 Å². The molecule has 0 aliphatic carbocycles. The number of alkyl halides is 3. The van der Waals surface area contributed by atoms with Crippen LogP contribution in [0.25, 0.3) is 17.1 Å². The summed E-state index contributed by atoms with van der Waals surface area (Å²) in [7, 11) is 0. The number of hydrogen-bond donors (Lipinski definition) is 0. The molecule has 25 heavy (non-hydrogen) atoms. The number of rotatable bonds is 2. The second-order valence-corrected chi connectivity index (χ2v) is 5.33. The molecule has 0 aliphatic heterocycles. The van der Waals surface area contributed by atoms with Crippen LogP contribution in [0.2, 0.25) is 5.02 Å². The Morgan fingerprint density at radius 1 is 1.00 bits per heavy atom. The molecule has 0 fully saturated rings. The molecule has 3 aromatic rings. The van der Waals surface area contributed by atoms with Crippen LogP contribution in [0.3, 0.4) is 0 Å². The topological polar surface area (TPSA) is 65.1 Å². The van der Waals surface area contributed by atoms with E-state index in [0.717, 1.165) is 24.3 Å². The average Bonchev–Trinajstić information content (AvgIpc) is 2.54. The lowest BCUT2D eigenvalue weighted by atomic mass is 10.2. The smallest absolute Gasteiger partial charge is 0.390 e. The van der Waals surface area contributed by atoms with Crippen LogP contribution in [-0.2, 0) is 6.18 Å². The molecule has 1 aromatic heterocycles. The van der Waals surface area contributed by atoms with Gasteiger partial charge in [-0.1, -0.05) is 23.7 Å². The molecule has 5 nitrogen and oxygen atoms in total. The third-order valence-corrected chi connectivity index (χ3v) is 3.64. The zero-order valence-corrected chi connectivity index (χ0v) is 13.0. The zero-order valence-electron chi connectivity index (χ0n) is 12.2. The van der Waals surface area contributed by atoms with E-state index in [4.69, 9.17) is 16.0 Å². The van der Waals surface area contributed by atoms with Gasteiger partial charge in [0, 0.05) is 0 Å². The third-order valence-electron chi connectivity index (χ3n) is 3.31. The van der Waals surface area contributed by atoms with Crippen molar-refractivity contribution >= 4 is 11.6 Å². The maximum atomic E-state index is 12.6. The molecule has 0 aliphatic rings. The van der Waals surface area contributed by atoms with E-state index in [1.807, 2.05) is 0 Å². The number of hydrogen-bond acceptors (Lipinski definition) is 4. The second kappa shape index (κ2) is 6.21. The zero-order chi connectivity index (χ0) is 18.2. The highest BCUT2D eigenvalue weighted by molar-refractivity contribution is 6.33. The Hall–Kier alpha value is -2.87. The lowest BCUT2D eigenvalue weighted by molar-refractivity contribution is -0.137. The lowest BCUT2D eigenvalue weighted by Gasteiger charge is -2.08. The van der Waals surface area contributed by atoms with E-state index in [1.165, 1.54) is 12.1 Å². The van der Waals surface area contributed by atoms with Gasteiger partial charge >= 0.3 is 17.6 Å². The number of benzene rings is 2. The van der Waals surface area contributed by atoms with Gasteiger partial charge in [-0.25, -0.2) is 9.59 Å². The first-order chi connectivity index (χ1) is 11.8. The predicted molar refractivity (Wildman–Crippen MR) is 83.8 cm³/mol. The summed E-state index contributed by atoms with van der Waals surface area (Å²) in [6, 6.07) is 9.77. The minimum Gasteiger partial charge on any atom is -0.390 e. The monoisotopic (exact) mass is 368 g/mol. The van der Waals surface area contributed by atoms with Gasteiger partial charge in [0.05, 0.1) is 21.8 Å². The number of nitrogens with zero attached hydrogens (tertiary/aromatic N) is 2. The fourth-order valence-electron chi connectivity index (χ4n) is 2.13. The summed E-state index contributed by atoms with van der Waals surface area (Å²) in [5, 5.41) is 0.227. The molecule has 1 heterocycles. The van der Waals surface area contributed by atoms with E-state index < -0.39 is 23.2 Å². The molecule has 0 amide bonds. The van der Waals surface area contributed by atoms with Crippen LogP contribution in [0.5, 0.6) is 0 Å². The summed E-state index contributed by atoms with van der Waals surface area (Å²) in [5.74, 6) is -1.36. The Labute approximate surface area is 142 Å². The Kier molecular flexibility index (Phi) is 4.22. The summed E-state index contributed by atoms with van der Waals surface area (Å²) in [6.07, 6.45) is -4.53. The molecular formula is C16H8ClF3N2O3. The highest BCUT2D eigenvalue weighted by Gasteiger charge is 2.30. The van der Waals surface area contributed by atoms with Crippen LogP contribution < -0.4 is 11.4 Å². The Morgan fingerprint density at radius 2 is 1.64 bits per heavy atom. The third kappa shape index (κ3) is 3.34. The molecule has 0 radical (unpaired) electrons. The van der Waals surface area contributed by atoms with Crippen molar-refractivity contribution in [1.29, 1.82) is 0 Å². The molecule has 0 atom stereocenters. The van der Waals surface area contributed by atoms with Crippen LogP contribution in [0.4, 0.5) is 13.2 Å². The summed E-state index contributed by atoms with van der Waals surface area (Å²) in [5.41, 5.74) is -1.75. The Morgan fingerprint density at radius 3 is 2.20 bits per heavy atom. The standard InChI is InChI=1S/C16H8ClF3N2O3/c17-12-4-2-1-3-11(12)13-21-14(23)22(15(24)25-13)10-7-5-9(6-8-10)16(18,19)20/h1-8H. The molecule has 9 heteroatoms. The summed E-state index contributed by atoms with van der Waals surface area (Å²) in [6.45, 7) is 0. The normalized spacial score (nSPS) is 11.5. The van der Waals surface area contributed by atoms with Crippen molar-refractivity contribution in [3.8, 4) is 17.1 Å². The van der Waals surface area contributed by atoms with E-state index in [-0.39, 0.29) is 22.2 Å². The quantitative estimate of drug-likeness (QED) is 0.694. The number of halogens is 4. The van der Waals surface area contributed by atoms with Crippen molar-refractivity contribution in [3.05, 3.63) is 80.2 Å². The average molecular weight is 369 g/mol. The molecule has 2 aromatic carbocycles. The van der Waals surface area contributed by atoms with Crippen molar-refractivity contribution in [3.63, 3.8) is 0 Å². The van der Waals surface area contributed by atoms with Crippen LogP contribution >= 0.6 is 11.6 Å². The van der Waals surface area contributed by atoms with E-state index in [1.54, 1.807) is 12.1 Å². The number of aromatic nitrogens is 2. The second-order valence-electron chi connectivity index (χ2n) is 4.93. The molecule has 128 valence electrons. The molecule has 0 spiro atoms. The van der Waals surface area contributed by atoms with E-state index in [0.29, 0.717) is 4.57 Å². The maximum absolute atomic E-state index is 12.6. The molecule has 0 saturated carbocycles. The first-order valence-electron chi connectivity index (χ1n) is 6.84. The Bertz CT molecular complexity index is 1010. The van der Waals surface area contributed by atoms with Crippen LogP contribution in [-0.4, -0.2) is 9.55 Å². The predicted octanol–water partition coefficient (Wildman–Crippen LogP) is 3.52. The van der Waals surface area contributed by atoms with Gasteiger partial charge in [0.2, 0.25) is 5.89 Å². The van der Waals surface area contributed by atoms with Crippen LogP contribution in [0.15, 0.2) is 62.5 Å². The van der Waals surface area contributed by atoms with Gasteiger partial charge in [0.25, 0.3) is 0 Å². The van der Waals surface area contributed by atoms with Crippen LogP contribution in [0.1, 0.15) is 5.56 Å². The summed E-state index contributed by atoms with van der Waals surface area (Å²) < 4.78 is 43.3. The van der Waals surface area contributed by atoms with E-state index in [9.17, 15) is 22.8 Å². The fraction of sp³-hybridized carbons (Fsp3) is 0.0625. The minimum absolute atomic E-state index is 0.0926. The highest BCUT2D eigenvalue weighted by atomic mass is 35.5. The van der Waals surface area contributed by atoms with Crippen molar-refractivity contribution < 1.29 is 17.6 Å². The van der Waals surface area contributed by atoms with Crippen molar-refractivity contribution in [2.75, 3.05) is 0 Å². The van der Waals surface area contributed by atoms with E-state index in [2.05, 4.69) is 4.98 Å². The van der Waals surface area contributed by atoms with Gasteiger partial charge in [0.1, 0.15) is 0 Å². The molecule has 0 N–H and O–H groups in total. The SMILES string of the molecule is O=c1nc(-c2ccccc2Cl)oc(=O)n1-c1ccc(C(F)(F)F)cc1. The minimum atomic E-state index is -4.53. The molecule has 0 saturated heterocycles. The summed E-state index contributed by atoms with van der Waals surface area (Å²) in [4.78, 5) is 27.9. The Balaban J connectivity index is 2.09. The van der Waals surface area contributed by atoms with Gasteiger partial charge in [0.15, 0.2) is 0 Å². The van der Waals surface area contributed by atoms with E-state index >= 15 is 0 Å². The molecule has 3 rings (SSSR count). The maximum Gasteiger partial charge on any atom is 0.429 e. The van der Waals surface area contributed by atoms with Gasteiger partial charge in [-0.2, -0.15) is 22.7 Å². The van der Waals surface area contributed by atoms with Crippen LogP contribution in [0, 0.1) is 0 Å². The molecule has 0 unspecified atom stereocenters. The van der Waals surface area contributed by atoms with Crippen molar-refractivity contribution in [2.45, 2.75) is 6.18 Å². The first kappa shape index (κ1) is 17.0. The van der Waals surface area contributed by atoms with Gasteiger partial charge < -0.3 is 4.42 Å². The van der Waals surface area contributed by atoms with Crippen molar-refractivity contribution in [2.24, 2.45) is 0 Å². The molecular weight excluding hydrogens is 361 g/mol. The summed E-state index contributed by atoms with van der Waals surface area (Å²) >= 11 is 5.96. The fourth-order valence-corrected chi connectivity index (χ4v) is 2.35. The highest BCUT2D eigenvalue weighted by Crippen LogP contribution is 2.29. The largest absolute Gasteiger partial charge is 0.429 e. The lowest BCUT2D eigenvalue weighted by Crippen LogP contribution is -2.33. The molecule has 0 bridgehead atoms. The van der Waals surface area contributed by atoms with Crippen molar-refractivity contribution in [1.82, 2.24) is 9.55 Å².